The second-order valence-corrected chi connectivity index (χ2v) is 4.74. The zero-order valence-corrected chi connectivity index (χ0v) is 13.2. The molecule has 0 bridgehead atoms. The van der Waals surface area contributed by atoms with Gasteiger partial charge in [-0.15, -0.1) is 0 Å². The van der Waals surface area contributed by atoms with Crippen LogP contribution in [0.1, 0.15) is 13.8 Å². The van der Waals surface area contributed by atoms with E-state index < -0.39 is 0 Å². The Labute approximate surface area is 131 Å². The van der Waals surface area contributed by atoms with Crippen molar-refractivity contribution in [3.05, 3.63) is 48.5 Å². The highest BCUT2D eigenvalue weighted by Gasteiger charge is 2.16. The Morgan fingerprint density at radius 3 is 1.95 bits per heavy atom. The molecule has 0 N–H and O–H groups in total. The van der Waals surface area contributed by atoms with E-state index in [9.17, 15) is 4.79 Å². The maximum atomic E-state index is 12.2. The first-order valence-electron chi connectivity index (χ1n) is 7.40. The third kappa shape index (κ3) is 3.39. The van der Waals surface area contributed by atoms with Crippen molar-refractivity contribution in [1.82, 2.24) is 4.90 Å². The van der Waals surface area contributed by atoms with Gasteiger partial charge in [0.25, 0.3) is 0 Å². The minimum Gasteiger partial charge on any atom is -0.496 e. The molecular formula is C18H21NO3. The SMILES string of the molecule is CCN(CC)C(=O)Oc1ccccc1-c1ccccc1OC. The molecule has 0 spiro atoms. The quantitative estimate of drug-likeness (QED) is 0.830. The smallest absolute Gasteiger partial charge is 0.415 e. The van der Waals surface area contributed by atoms with E-state index in [1.807, 2.05) is 56.3 Å². The Bertz CT molecular complexity index is 636. The molecule has 2 aromatic rings. The molecular weight excluding hydrogens is 278 g/mol. The van der Waals surface area contributed by atoms with Crippen molar-refractivity contribution in [2.24, 2.45) is 0 Å². The third-order valence-corrected chi connectivity index (χ3v) is 3.50. The third-order valence-electron chi connectivity index (χ3n) is 3.50. The fourth-order valence-corrected chi connectivity index (χ4v) is 2.29. The Morgan fingerprint density at radius 2 is 1.41 bits per heavy atom. The summed E-state index contributed by atoms with van der Waals surface area (Å²) < 4.78 is 11.0. The number of para-hydroxylation sites is 2. The second kappa shape index (κ2) is 7.50. The lowest BCUT2D eigenvalue weighted by atomic mass is 10.0. The van der Waals surface area contributed by atoms with Crippen LogP contribution in [0.3, 0.4) is 0 Å². The summed E-state index contributed by atoms with van der Waals surface area (Å²) in [6.45, 7) is 5.09. The van der Waals surface area contributed by atoms with Crippen molar-refractivity contribution in [2.75, 3.05) is 20.2 Å². The molecule has 4 heteroatoms. The number of amides is 1. The molecule has 0 atom stereocenters. The van der Waals surface area contributed by atoms with Crippen molar-refractivity contribution in [2.45, 2.75) is 13.8 Å². The van der Waals surface area contributed by atoms with Crippen LogP contribution in [0.25, 0.3) is 11.1 Å². The highest BCUT2D eigenvalue weighted by molar-refractivity contribution is 5.79. The van der Waals surface area contributed by atoms with Crippen molar-refractivity contribution in [3.8, 4) is 22.6 Å². The predicted molar refractivity (Wildman–Crippen MR) is 87.4 cm³/mol. The van der Waals surface area contributed by atoms with E-state index in [2.05, 4.69) is 0 Å². The van der Waals surface area contributed by atoms with E-state index in [1.165, 1.54) is 0 Å². The minimum atomic E-state index is -0.340. The van der Waals surface area contributed by atoms with E-state index in [4.69, 9.17) is 9.47 Å². The van der Waals surface area contributed by atoms with Crippen LogP contribution in [0, 0.1) is 0 Å². The summed E-state index contributed by atoms with van der Waals surface area (Å²) >= 11 is 0. The lowest BCUT2D eigenvalue weighted by Gasteiger charge is -2.19. The van der Waals surface area contributed by atoms with Gasteiger partial charge in [-0.2, -0.15) is 0 Å². The summed E-state index contributed by atoms with van der Waals surface area (Å²) in [6.07, 6.45) is -0.340. The van der Waals surface area contributed by atoms with Gasteiger partial charge in [0.2, 0.25) is 0 Å². The Hall–Kier alpha value is -2.49. The zero-order chi connectivity index (χ0) is 15.9. The zero-order valence-electron chi connectivity index (χ0n) is 13.2. The van der Waals surface area contributed by atoms with Crippen LogP contribution < -0.4 is 9.47 Å². The molecule has 2 rings (SSSR count). The average Bonchev–Trinajstić information content (AvgIpc) is 2.56. The Morgan fingerprint density at radius 1 is 0.909 bits per heavy atom. The average molecular weight is 299 g/mol. The van der Waals surface area contributed by atoms with Gasteiger partial charge >= 0.3 is 6.09 Å². The molecule has 1 amide bonds. The van der Waals surface area contributed by atoms with Crippen LogP contribution in [-0.4, -0.2) is 31.2 Å². The fourth-order valence-electron chi connectivity index (χ4n) is 2.29. The Balaban J connectivity index is 2.37. The number of carbonyl (C=O) groups excluding carboxylic acids is 1. The topological polar surface area (TPSA) is 38.8 Å². The summed E-state index contributed by atoms with van der Waals surface area (Å²) in [5, 5.41) is 0. The molecule has 0 aliphatic heterocycles. The van der Waals surface area contributed by atoms with Gasteiger partial charge in [-0.05, 0) is 26.0 Å². The first-order valence-corrected chi connectivity index (χ1v) is 7.40. The maximum absolute atomic E-state index is 12.2. The first kappa shape index (κ1) is 15.9. The van der Waals surface area contributed by atoms with Crippen molar-refractivity contribution in [1.29, 1.82) is 0 Å². The summed E-state index contributed by atoms with van der Waals surface area (Å²) in [6, 6.07) is 15.2. The van der Waals surface area contributed by atoms with E-state index in [-0.39, 0.29) is 6.09 Å². The largest absolute Gasteiger partial charge is 0.496 e. The molecule has 0 saturated carbocycles. The minimum absolute atomic E-state index is 0.340. The number of ether oxygens (including phenoxy) is 2. The summed E-state index contributed by atoms with van der Waals surface area (Å²) in [7, 11) is 1.63. The van der Waals surface area contributed by atoms with Gasteiger partial charge in [-0.25, -0.2) is 4.79 Å². The normalized spacial score (nSPS) is 10.1. The molecule has 0 radical (unpaired) electrons. The van der Waals surface area contributed by atoms with Gasteiger partial charge in [-0.1, -0.05) is 36.4 Å². The van der Waals surface area contributed by atoms with Crippen LogP contribution in [0.2, 0.25) is 0 Å². The molecule has 116 valence electrons. The first-order chi connectivity index (χ1) is 10.7. The molecule has 0 aliphatic carbocycles. The highest BCUT2D eigenvalue weighted by Crippen LogP contribution is 2.36. The maximum Gasteiger partial charge on any atom is 0.415 e. The summed E-state index contributed by atoms with van der Waals surface area (Å²) in [4.78, 5) is 13.8. The number of hydrogen-bond donors (Lipinski definition) is 0. The molecule has 0 fully saturated rings. The number of rotatable bonds is 5. The number of hydrogen-bond acceptors (Lipinski definition) is 3. The van der Waals surface area contributed by atoms with E-state index in [0.717, 1.165) is 16.9 Å². The van der Waals surface area contributed by atoms with Gasteiger partial charge in [0.1, 0.15) is 11.5 Å². The summed E-state index contributed by atoms with van der Waals surface area (Å²) in [5.41, 5.74) is 1.73. The van der Waals surface area contributed by atoms with E-state index in [0.29, 0.717) is 18.8 Å². The fraction of sp³-hybridized carbons (Fsp3) is 0.278. The van der Waals surface area contributed by atoms with Gasteiger partial charge in [0.15, 0.2) is 0 Å². The predicted octanol–water partition coefficient (Wildman–Crippen LogP) is 4.20. The number of methoxy groups -OCH3 is 1. The highest BCUT2D eigenvalue weighted by atomic mass is 16.6. The summed E-state index contributed by atoms with van der Waals surface area (Å²) in [5.74, 6) is 1.28. The van der Waals surface area contributed by atoms with Crippen LogP contribution in [0.15, 0.2) is 48.5 Å². The van der Waals surface area contributed by atoms with Crippen LogP contribution in [0.4, 0.5) is 4.79 Å². The molecule has 4 nitrogen and oxygen atoms in total. The van der Waals surface area contributed by atoms with Gasteiger partial charge in [0.05, 0.1) is 7.11 Å². The van der Waals surface area contributed by atoms with Crippen molar-refractivity contribution in [3.63, 3.8) is 0 Å². The molecule has 22 heavy (non-hydrogen) atoms. The molecule has 0 aromatic heterocycles. The number of nitrogens with zero attached hydrogens (tertiary/aromatic N) is 1. The second-order valence-electron chi connectivity index (χ2n) is 4.74. The van der Waals surface area contributed by atoms with Gasteiger partial charge in [-0.3, -0.25) is 0 Å². The van der Waals surface area contributed by atoms with Crippen molar-refractivity contribution < 1.29 is 14.3 Å². The van der Waals surface area contributed by atoms with E-state index >= 15 is 0 Å². The van der Waals surface area contributed by atoms with Gasteiger partial charge in [0, 0.05) is 24.2 Å². The molecule has 0 aliphatic rings. The van der Waals surface area contributed by atoms with Gasteiger partial charge < -0.3 is 14.4 Å². The molecule has 2 aromatic carbocycles. The lowest BCUT2D eigenvalue weighted by Crippen LogP contribution is -2.33. The standard InChI is InChI=1S/C18H21NO3/c1-4-19(5-2)18(20)22-17-13-9-7-11-15(17)14-10-6-8-12-16(14)21-3/h6-13H,4-5H2,1-3H3. The monoisotopic (exact) mass is 299 g/mol. The number of benzene rings is 2. The number of carbonyl (C=O) groups is 1. The van der Waals surface area contributed by atoms with Crippen LogP contribution >= 0.6 is 0 Å². The molecule has 0 heterocycles. The lowest BCUT2D eigenvalue weighted by molar-refractivity contribution is 0.157. The van der Waals surface area contributed by atoms with Crippen LogP contribution in [0.5, 0.6) is 11.5 Å². The van der Waals surface area contributed by atoms with Crippen molar-refractivity contribution >= 4 is 6.09 Å². The molecule has 0 saturated heterocycles. The Kier molecular flexibility index (Phi) is 5.42. The van der Waals surface area contributed by atoms with E-state index in [1.54, 1.807) is 18.1 Å². The van der Waals surface area contributed by atoms with Crippen LogP contribution in [-0.2, 0) is 0 Å². The molecule has 0 unspecified atom stereocenters.